The molecule has 386 valence electrons. The molecule has 0 unspecified atom stereocenters. The maximum absolute atomic E-state index is 14.5. The molecule has 0 aliphatic carbocycles. The van der Waals surface area contributed by atoms with E-state index in [4.69, 9.17) is 14.2 Å². The van der Waals surface area contributed by atoms with Gasteiger partial charge in [0, 0.05) is 45.5 Å². The van der Waals surface area contributed by atoms with Crippen molar-refractivity contribution in [3.8, 4) is 27.7 Å². The Morgan fingerprint density at radius 2 is 1.01 bits per heavy atom. The zero-order valence-corrected chi connectivity index (χ0v) is 44.5. The van der Waals surface area contributed by atoms with Crippen LogP contribution in [0.4, 0.5) is 0 Å². The highest BCUT2D eigenvalue weighted by Crippen LogP contribution is 2.42. The fraction of sp³-hybridized carbons (Fsp3) is 0.453. The number of carbonyl (C=O) groups is 3. The molecule has 72 heavy (non-hydrogen) atoms. The van der Waals surface area contributed by atoms with Crippen molar-refractivity contribution in [2.75, 3.05) is 26.2 Å². The Labute approximate surface area is 436 Å². The van der Waals surface area contributed by atoms with Gasteiger partial charge in [-0.25, -0.2) is 0 Å². The van der Waals surface area contributed by atoms with Crippen LogP contribution in [0, 0.1) is 0 Å². The first-order chi connectivity index (χ1) is 35.4. The summed E-state index contributed by atoms with van der Waals surface area (Å²) in [6, 6.07) is 20.4. The molecule has 4 aromatic rings. The number of rotatable bonds is 35. The molecule has 5 rings (SSSR count). The number of fused-ring (bicyclic) bond motifs is 1. The molecule has 0 bridgehead atoms. The minimum absolute atomic E-state index is 0.106. The van der Waals surface area contributed by atoms with Crippen LogP contribution in [0.1, 0.15) is 177 Å². The second-order valence-corrected chi connectivity index (χ2v) is 19.8. The molecular weight excluding hydrogens is 911 g/mol. The number of ether oxygens (including phenoxy) is 3. The standard InChI is InChI=1S/C64H83NO6S/c1-3-5-7-9-11-13-15-17-19-21-23-25-27-29-32-36-60(66)70-56-44-40-54(41-45-56)64-62(63(68)53-38-42-55(43-39-53)69-51-50-65-48-34-31-35-49-65)58-47-46-57(52-59(58)72-64)71-61(67)37-33-30-28-26-24-22-20-18-16-14-12-10-8-6-4-2/h5-8,11-14,17-20,38-47,52H,3-4,9-10,15-16,21-37,48-51H2,1-2H3/b7-5?,8-6-,13-11?,14-12-,19-17?,20-18-. The van der Waals surface area contributed by atoms with E-state index in [2.05, 4.69) is 91.7 Å². The second kappa shape index (κ2) is 35.5. The number of thiophene rings is 1. The van der Waals surface area contributed by atoms with Gasteiger partial charge >= 0.3 is 11.9 Å². The summed E-state index contributed by atoms with van der Waals surface area (Å²) in [5.74, 6) is 1.09. The van der Waals surface area contributed by atoms with Crippen molar-refractivity contribution in [2.45, 2.75) is 162 Å². The van der Waals surface area contributed by atoms with E-state index < -0.39 is 0 Å². The van der Waals surface area contributed by atoms with Crippen LogP contribution >= 0.6 is 11.3 Å². The Hall–Kier alpha value is -5.57. The molecular formula is C64H83NO6S. The van der Waals surface area contributed by atoms with Crippen molar-refractivity contribution in [3.63, 3.8) is 0 Å². The number of ketones is 1. The lowest BCUT2D eigenvalue weighted by Gasteiger charge is -2.26. The number of esters is 2. The number of nitrogens with zero attached hydrogens (tertiary/aromatic N) is 1. The minimum atomic E-state index is -0.249. The maximum atomic E-state index is 14.5. The largest absolute Gasteiger partial charge is 0.492 e. The van der Waals surface area contributed by atoms with Crippen molar-refractivity contribution in [1.29, 1.82) is 0 Å². The normalized spacial score (nSPS) is 13.6. The number of benzene rings is 3. The van der Waals surface area contributed by atoms with Crippen LogP contribution in [-0.2, 0) is 9.59 Å². The van der Waals surface area contributed by atoms with Crippen LogP contribution in [0.2, 0.25) is 0 Å². The van der Waals surface area contributed by atoms with Gasteiger partial charge in [-0.3, -0.25) is 19.3 Å². The van der Waals surface area contributed by atoms with Gasteiger partial charge in [0.1, 0.15) is 23.9 Å². The van der Waals surface area contributed by atoms with Crippen LogP contribution in [0.25, 0.3) is 20.5 Å². The van der Waals surface area contributed by atoms with Crippen molar-refractivity contribution in [2.24, 2.45) is 0 Å². The molecule has 2 heterocycles. The van der Waals surface area contributed by atoms with Gasteiger partial charge in [-0.15, -0.1) is 11.3 Å². The third-order valence-corrected chi connectivity index (χ3v) is 14.0. The highest BCUT2D eigenvalue weighted by molar-refractivity contribution is 7.22. The number of allylic oxidation sites excluding steroid dienone is 12. The average molecular weight is 994 g/mol. The predicted molar refractivity (Wildman–Crippen MR) is 303 cm³/mol. The summed E-state index contributed by atoms with van der Waals surface area (Å²) in [5.41, 5.74) is 1.97. The summed E-state index contributed by atoms with van der Waals surface area (Å²) in [7, 11) is 0. The van der Waals surface area contributed by atoms with E-state index in [-0.39, 0.29) is 17.7 Å². The Kier molecular flexibility index (Phi) is 28.3. The van der Waals surface area contributed by atoms with Gasteiger partial charge in [0.15, 0.2) is 5.78 Å². The molecule has 1 aliphatic heterocycles. The van der Waals surface area contributed by atoms with E-state index in [0.29, 0.717) is 42.1 Å². The van der Waals surface area contributed by atoms with E-state index >= 15 is 0 Å². The van der Waals surface area contributed by atoms with Gasteiger partial charge in [-0.05, 0) is 175 Å². The van der Waals surface area contributed by atoms with E-state index in [1.165, 1.54) is 30.6 Å². The Morgan fingerprint density at radius 1 is 0.528 bits per heavy atom. The molecule has 3 aromatic carbocycles. The number of hydrogen-bond donors (Lipinski definition) is 0. The highest BCUT2D eigenvalue weighted by Gasteiger charge is 2.23. The topological polar surface area (TPSA) is 82.1 Å². The first kappa shape index (κ1) is 57.3. The van der Waals surface area contributed by atoms with Crippen LogP contribution in [0.5, 0.6) is 17.2 Å². The molecule has 0 atom stereocenters. The molecule has 1 aromatic heterocycles. The summed E-state index contributed by atoms with van der Waals surface area (Å²) < 4.78 is 18.5. The van der Waals surface area contributed by atoms with Crippen molar-refractivity contribution in [3.05, 3.63) is 151 Å². The Bertz CT molecular complexity index is 2360. The van der Waals surface area contributed by atoms with E-state index in [1.54, 1.807) is 18.2 Å². The Balaban J connectivity index is 1.13. The van der Waals surface area contributed by atoms with E-state index in [9.17, 15) is 14.4 Å². The van der Waals surface area contributed by atoms with Crippen molar-refractivity contribution >= 4 is 39.1 Å². The first-order valence-electron chi connectivity index (χ1n) is 27.4. The van der Waals surface area contributed by atoms with Crippen molar-refractivity contribution < 1.29 is 28.6 Å². The molecule has 8 heteroatoms. The molecule has 0 spiro atoms. The lowest BCUT2D eigenvalue weighted by Crippen LogP contribution is -2.33. The lowest BCUT2D eigenvalue weighted by molar-refractivity contribution is -0.135. The van der Waals surface area contributed by atoms with Crippen LogP contribution < -0.4 is 14.2 Å². The first-order valence-corrected chi connectivity index (χ1v) is 28.2. The fourth-order valence-corrected chi connectivity index (χ4v) is 9.94. The van der Waals surface area contributed by atoms with Crippen molar-refractivity contribution in [1.82, 2.24) is 4.90 Å². The van der Waals surface area contributed by atoms with Crippen LogP contribution in [0.15, 0.2) is 140 Å². The predicted octanol–water partition coefficient (Wildman–Crippen LogP) is 17.7. The van der Waals surface area contributed by atoms with Crippen LogP contribution in [-0.4, -0.2) is 48.9 Å². The number of carbonyl (C=O) groups excluding carboxylic acids is 3. The highest BCUT2D eigenvalue weighted by atomic mass is 32.1. The van der Waals surface area contributed by atoms with Gasteiger partial charge in [-0.1, -0.05) is 132 Å². The smallest absolute Gasteiger partial charge is 0.311 e. The molecule has 0 amide bonds. The molecule has 1 saturated heterocycles. The Morgan fingerprint density at radius 3 is 1.58 bits per heavy atom. The fourth-order valence-electron chi connectivity index (χ4n) is 8.71. The monoisotopic (exact) mass is 994 g/mol. The molecule has 1 fully saturated rings. The number of likely N-dealkylation sites (tertiary alicyclic amines) is 1. The third kappa shape index (κ3) is 22.5. The third-order valence-electron chi connectivity index (χ3n) is 12.8. The number of piperidine rings is 1. The zero-order chi connectivity index (χ0) is 50.7. The average Bonchev–Trinajstić information content (AvgIpc) is 3.78. The summed E-state index contributed by atoms with van der Waals surface area (Å²) in [4.78, 5) is 43.6. The summed E-state index contributed by atoms with van der Waals surface area (Å²) in [5, 5.41) is 0.790. The van der Waals surface area contributed by atoms with Crippen LogP contribution in [0.3, 0.4) is 0 Å². The molecule has 0 radical (unpaired) electrons. The minimum Gasteiger partial charge on any atom is -0.492 e. The summed E-state index contributed by atoms with van der Waals surface area (Å²) in [6.45, 7) is 8.05. The van der Waals surface area contributed by atoms with E-state index in [0.717, 1.165) is 161 Å². The van der Waals surface area contributed by atoms with Gasteiger partial charge in [0.25, 0.3) is 0 Å². The molecule has 0 saturated carbocycles. The van der Waals surface area contributed by atoms with Gasteiger partial charge in [-0.2, -0.15) is 0 Å². The quantitative estimate of drug-likeness (QED) is 0.0149. The van der Waals surface area contributed by atoms with E-state index in [1.807, 2.05) is 48.5 Å². The SMILES string of the molecule is CCC=CCC=CCC=CCCCCCCCC(=O)Oc1ccc(-c2sc3cc(OC(=O)CCCCCCC/C=C\C/C=C\C/C=C\CC)ccc3c2C(=O)c2ccc(OCCN3CCCCC3)cc2)cc1. The lowest BCUT2D eigenvalue weighted by atomic mass is 9.97. The summed E-state index contributed by atoms with van der Waals surface area (Å²) in [6.07, 6.45) is 50.0. The molecule has 0 N–H and O–H groups in total. The molecule has 7 nitrogen and oxygen atoms in total. The summed E-state index contributed by atoms with van der Waals surface area (Å²) >= 11 is 1.49. The van der Waals surface area contributed by atoms with Gasteiger partial charge in [0.05, 0.1) is 0 Å². The van der Waals surface area contributed by atoms with Gasteiger partial charge < -0.3 is 14.2 Å². The zero-order valence-electron chi connectivity index (χ0n) is 43.7. The second-order valence-electron chi connectivity index (χ2n) is 18.7. The maximum Gasteiger partial charge on any atom is 0.311 e. The number of hydrogen-bond acceptors (Lipinski definition) is 8. The van der Waals surface area contributed by atoms with Gasteiger partial charge in [0.2, 0.25) is 0 Å². The number of unbranched alkanes of at least 4 members (excludes halogenated alkanes) is 10. The molecule has 1 aliphatic rings.